The van der Waals surface area contributed by atoms with Gasteiger partial charge in [-0.2, -0.15) is 0 Å². The average molecular weight is 577 g/mol. The molecular formula is C43H32N2. The van der Waals surface area contributed by atoms with Crippen LogP contribution in [0.4, 0.5) is 17.1 Å². The Kier molecular flexibility index (Phi) is 5.58. The molecule has 0 atom stereocenters. The van der Waals surface area contributed by atoms with Gasteiger partial charge >= 0.3 is 0 Å². The molecule has 0 aliphatic heterocycles. The van der Waals surface area contributed by atoms with E-state index in [2.05, 4.69) is 181 Å². The maximum absolute atomic E-state index is 2.49. The van der Waals surface area contributed by atoms with Crippen LogP contribution in [0.3, 0.4) is 0 Å². The molecule has 0 N–H and O–H groups in total. The van der Waals surface area contributed by atoms with Gasteiger partial charge in [0.1, 0.15) is 0 Å². The lowest BCUT2D eigenvalue weighted by Crippen LogP contribution is -2.23. The highest BCUT2D eigenvalue weighted by Crippen LogP contribution is 2.52. The Balaban J connectivity index is 1.34. The van der Waals surface area contributed by atoms with Gasteiger partial charge in [-0.1, -0.05) is 111 Å². The van der Waals surface area contributed by atoms with Crippen LogP contribution in [-0.4, -0.2) is 4.57 Å². The fraction of sp³-hybridized carbons (Fsp3) is 0.0698. The molecule has 0 unspecified atom stereocenters. The van der Waals surface area contributed by atoms with Gasteiger partial charge in [-0.25, -0.2) is 0 Å². The first kappa shape index (κ1) is 25.9. The van der Waals surface area contributed by atoms with Crippen LogP contribution in [0.5, 0.6) is 0 Å². The van der Waals surface area contributed by atoms with Crippen molar-refractivity contribution < 1.29 is 0 Å². The Labute approximate surface area is 263 Å². The molecule has 0 bridgehead atoms. The lowest BCUT2D eigenvalue weighted by molar-refractivity contribution is 0.645. The molecule has 8 aromatic rings. The number of hydrogen-bond donors (Lipinski definition) is 0. The molecule has 0 radical (unpaired) electrons. The predicted molar refractivity (Wildman–Crippen MR) is 191 cm³/mol. The standard InChI is InChI=1S/C43H32N2/c1-43(2)37-21-11-9-20-35(37)41-40-29(14-13-22-38(40)43)28-36-34-19-10-12-23-39(34)45(42(36)41)33-26-24-32(25-27-33)44(30-15-5-3-6-16-30)31-17-7-4-8-18-31/h3-28H,1-2H3. The lowest BCUT2D eigenvalue weighted by Gasteiger charge is -2.35. The molecule has 1 aliphatic carbocycles. The Bertz CT molecular complexity index is 2340. The number of benzene rings is 7. The molecule has 0 spiro atoms. The van der Waals surface area contributed by atoms with Crippen LogP contribution in [0.25, 0.3) is 49.4 Å². The van der Waals surface area contributed by atoms with Crippen LogP contribution in [0, 0.1) is 0 Å². The summed E-state index contributed by atoms with van der Waals surface area (Å²) < 4.78 is 2.49. The third-order valence-corrected chi connectivity index (χ3v) is 9.74. The zero-order valence-corrected chi connectivity index (χ0v) is 25.4. The smallest absolute Gasteiger partial charge is 0.0626 e. The molecule has 1 aliphatic rings. The Morgan fingerprint density at radius 1 is 0.511 bits per heavy atom. The topological polar surface area (TPSA) is 8.17 Å². The first-order valence-corrected chi connectivity index (χ1v) is 15.7. The van der Waals surface area contributed by atoms with Crippen molar-refractivity contribution in [3.8, 4) is 16.8 Å². The van der Waals surface area contributed by atoms with Gasteiger partial charge in [0.2, 0.25) is 0 Å². The van der Waals surface area contributed by atoms with E-state index in [0.717, 1.165) is 22.7 Å². The first-order valence-electron chi connectivity index (χ1n) is 15.7. The quantitative estimate of drug-likeness (QED) is 0.202. The van der Waals surface area contributed by atoms with E-state index in [4.69, 9.17) is 0 Å². The molecule has 0 saturated heterocycles. The van der Waals surface area contributed by atoms with E-state index in [9.17, 15) is 0 Å². The van der Waals surface area contributed by atoms with Crippen molar-refractivity contribution in [1.29, 1.82) is 0 Å². The van der Waals surface area contributed by atoms with Crippen molar-refractivity contribution in [2.75, 3.05) is 4.90 Å². The van der Waals surface area contributed by atoms with E-state index in [1.165, 1.54) is 54.8 Å². The van der Waals surface area contributed by atoms with Crippen molar-refractivity contribution in [2.24, 2.45) is 0 Å². The highest BCUT2D eigenvalue weighted by molar-refractivity contribution is 6.23. The summed E-state index contributed by atoms with van der Waals surface area (Å²) in [5.41, 5.74) is 12.4. The number of fused-ring (bicyclic) bond motifs is 6. The SMILES string of the molecule is CC1(C)c2ccccc2-c2c3c1cccc3cc1c3ccccc3n(-c3ccc(N(c4ccccc4)c4ccccc4)cc3)c21. The molecule has 0 saturated carbocycles. The molecule has 0 fully saturated rings. The normalized spacial score (nSPS) is 13.3. The fourth-order valence-corrected chi connectivity index (χ4v) is 7.70. The monoisotopic (exact) mass is 576 g/mol. The number of anilines is 3. The maximum atomic E-state index is 2.49. The minimum Gasteiger partial charge on any atom is -0.311 e. The maximum Gasteiger partial charge on any atom is 0.0626 e. The second-order valence-electron chi connectivity index (χ2n) is 12.6. The van der Waals surface area contributed by atoms with E-state index in [1.54, 1.807) is 0 Å². The number of hydrogen-bond acceptors (Lipinski definition) is 1. The minimum atomic E-state index is -0.0897. The molecule has 0 amide bonds. The molecule has 1 heterocycles. The van der Waals surface area contributed by atoms with E-state index < -0.39 is 0 Å². The van der Waals surface area contributed by atoms with Gasteiger partial charge in [0, 0.05) is 44.5 Å². The molecular weight excluding hydrogens is 544 g/mol. The Morgan fingerprint density at radius 2 is 1.11 bits per heavy atom. The average Bonchev–Trinajstić information content (AvgIpc) is 3.42. The molecule has 9 rings (SSSR count). The summed E-state index contributed by atoms with van der Waals surface area (Å²) >= 11 is 0. The van der Waals surface area contributed by atoms with E-state index in [0.29, 0.717) is 0 Å². The van der Waals surface area contributed by atoms with Crippen molar-refractivity contribution in [3.05, 3.63) is 169 Å². The number of aromatic nitrogens is 1. The largest absolute Gasteiger partial charge is 0.311 e. The second-order valence-corrected chi connectivity index (χ2v) is 12.6. The highest BCUT2D eigenvalue weighted by Gasteiger charge is 2.35. The van der Waals surface area contributed by atoms with E-state index in [-0.39, 0.29) is 5.41 Å². The minimum absolute atomic E-state index is 0.0897. The van der Waals surface area contributed by atoms with Crippen LogP contribution < -0.4 is 4.90 Å². The van der Waals surface area contributed by atoms with Crippen molar-refractivity contribution in [3.63, 3.8) is 0 Å². The highest BCUT2D eigenvalue weighted by atomic mass is 15.1. The number of rotatable bonds is 4. The van der Waals surface area contributed by atoms with Gasteiger partial charge in [-0.15, -0.1) is 0 Å². The molecule has 2 nitrogen and oxygen atoms in total. The van der Waals surface area contributed by atoms with Gasteiger partial charge in [-0.3, -0.25) is 0 Å². The summed E-state index contributed by atoms with van der Waals surface area (Å²) in [6.45, 7) is 4.74. The van der Waals surface area contributed by atoms with Crippen LogP contribution in [0.2, 0.25) is 0 Å². The summed E-state index contributed by atoms with van der Waals surface area (Å²) in [5, 5.41) is 5.24. The van der Waals surface area contributed by atoms with Crippen molar-refractivity contribution in [1.82, 2.24) is 4.57 Å². The molecule has 214 valence electrons. The predicted octanol–water partition coefficient (Wildman–Crippen LogP) is 11.7. The summed E-state index contributed by atoms with van der Waals surface area (Å²) in [5.74, 6) is 0. The van der Waals surface area contributed by atoms with Crippen LogP contribution in [-0.2, 0) is 5.41 Å². The number of para-hydroxylation sites is 3. The molecule has 45 heavy (non-hydrogen) atoms. The zero-order chi connectivity index (χ0) is 30.1. The van der Waals surface area contributed by atoms with E-state index in [1.807, 2.05) is 0 Å². The van der Waals surface area contributed by atoms with E-state index >= 15 is 0 Å². The van der Waals surface area contributed by atoms with Crippen molar-refractivity contribution >= 4 is 49.6 Å². The van der Waals surface area contributed by atoms with Gasteiger partial charge < -0.3 is 9.47 Å². The van der Waals surface area contributed by atoms with Gasteiger partial charge in [0.15, 0.2) is 0 Å². The first-order chi connectivity index (χ1) is 22.1. The van der Waals surface area contributed by atoms with Crippen LogP contribution in [0.15, 0.2) is 158 Å². The zero-order valence-electron chi connectivity index (χ0n) is 25.4. The number of nitrogens with zero attached hydrogens (tertiary/aromatic N) is 2. The lowest BCUT2D eigenvalue weighted by atomic mass is 9.68. The van der Waals surface area contributed by atoms with Crippen LogP contribution in [0.1, 0.15) is 25.0 Å². The molecule has 2 heteroatoms. The van der Waals surface area contributed by atoms with Gasteiger partial charge in [-0.05, 0) is 88.1 Å². The van der Waals surface area contributed by atoms with Crippen LogP contribution >= 0.6 is 0 Å². The van der Waals surface area contributed by atoms with Crippen molar-refractivity contribution in [2.45, 2.75) is 19.3 Å². The Hall–Kier alpha value is -5.60. The third kappa shape index (κ3) is 3.76. The second kappa shape index (κ2) is 9.70. The fourth-order valence-electron chi connectivity index (χ4n) is 7.70. The summed E-state index contributed by atoms with van der Waals surface area (Å²) in [6.07, 6.45) is 0. The molecule has 1 aromatic heterocycles. The summed E-state index contributed by atoms with van der Waals surface area (Å²) in [6, 6.07) is 57.4. The molecule has 7 aromatic carbocycles. The van der Waals surface area contributed by atoms with Gasteiger partial charge in [0.25, 0.3) is 0 Å². The summed E-state index contributed by atoms with van der Waals surface area (Å²) in [4.78, 5) is 2.32. The Morgan fingerprint density at radius 3 is 1.84 bits per heavy atom. The third-order valence-electron chi connectivity index (χ3n) is 9.74. The van der Waals surface area contributed by atoms with Gasteiger partial charge in [0.05, 0.1) is 11.0 Å². The summed E-state index contributed by atoms with van der Waals surface area (Å²) in [7, 11) is 0.